The van der Waals surface area contributed by atoms with Crippen LogP contribution >= 0.6 is 0 Å². The standard InChI is InChI=1S/C21H21N5O2/c1-13-8-14(2)10-19(9-13)26-21-22-11-16(12-23-21)20(28)25-18-6-4-17(5-7-18)24-15(3)27/h4-12H,1-3H3,(H,24,27)(H,25,28)(H,22,23,26). The van der Waals surface area contributed by atoms with Crippen molar-refractivity contribution in [3.05, 3.63) is 71.5 Å². The first-order valence-corrected chi connectivity index (χ1v) is 8.75. The maximum absolute atomic E-state index is 12.4. The molecule has 0 saturated heterocycles. The van der Waals surface area contributed by atoms with Crippen LogP contribution in [0.25, 0.3) is 0 Å². The van der Waals surface area contributed by atoms with Crippen molar-refractivity contribution in [3.63, 3.8) is 0 Å². The topological polar surface area (TPSA) is 96.0 Å². The minimum atomic E-state index is -0.315. The summed E-state index contributed by atoms with van der Waals surface area (Å²) in [6.07, 6.45) is 2.94. The quantitative estimate of drug-likeness (QED) is 0.625. The molecule has 3 aromatic rings. The summed E-state index contributed by atoms with van der Waals surface area (Å²) < 4.78 is 0. The van der Waals surface area contributed by atoms with E-state index in [1.54, 1.807) is 24.3 Å². The highest BCUT2D eigenvalue weighted by atomic mass is 16.2. The number of hydrogen-bond acceptors (Lipinski definition) is 5. The van der Waals surface area contributed by atoms with Crippen LogP contribution in [0.3, 0.4) is 0 Å². The minimum absolute atomic E-state index is 0.150. The van der Waals surface area contributed by atoms with Crippen molar-refractivity contribution in [2.45, 2.75) is 20.8 Å². The smallest absolute Gasteiger partial charge is 0.258 e. The molecule has 0 saturated carbocycles. The zero-order chi connectivity index (χ0) is 20.1. The van der Waals surface area contributed by atoms with Gasteiger partial charge in [0, 0.05) is 36.4 Å². The van der Waals surface area contributed by atoms with Crippen molar-refractivity contribution in [1.29, 1.82) is 0 Å². The lowest BCUT2D eigenvalue weighted by Gasteiger charge is -2.09. The maximum atomic E-state index is 12.4. The van der Waals surface area contributed by atoms with Gasteiger partial charge in [-0.1, -0.05) is 6.07 Å². The van der Waals surface area contributed by atoms with Gasteiger partial charge in [-0.05, 0) is 61.4 Å². The minimum Gasteiger partial charge on any atom is -0.326 e. The number of rotatable bonds is 5. The van der Waals surface area contributed by atoms with Crippen molar-refractivity contribution in [3.8, 4) is 0 Å². The molecule has 0 aliphatic carbocycles. The SMILES string of the molecule is CC(=O)Nc1ccc(NC(=O)c2cnc(Nc3cc(C)cc(C)c3)nc2)cc1. The molecular weight excluding hydrogens is 354 g/mol. The summed E-state index contributed by atoms with van der Waals surface area (Å²) in [4.78, 5) is 31.8. The van der Waals surface area contributed by atoms with Gasteiger partial charge in [-0.3, -0.25) is 9.59 Å². The lowest BCUT2D eigenvalue weighted by molar-refractivity contribution is -0.114. The van der Waals surface area contributed by atoms with Crippen molar-refractivity contribution in [2.75, 3.05) is 16.0 Å². The Morgan fingerprint density at radius 3 is 1.86 bits per heavy atom. The summed E-state index contributed by atoms with van der Waals surface area (Å²) >= 11 is 0. The third-order valence-corrected chi connectivity index (χ3v) is 3.85. The zero-order valence-electron chi connectivity index (χ0n) is 15.9. The van der Waals surface area contributed by atoms with Crippen molar-refractivity contribution >= 4 is 34.8 Å². The number of hydrogen-bond donors (Lipinski definition) is 3. The van der Waals surface area contributed by atoms with E-state index in [2.05, 4.69) is 32.0 Å². The van der Waals surface area contributed by atoms with Crippen LogP contribution in [0.4, 0.5) is 23.0 Å². The monoisotopic (exact) mass is 375 g/mol. The fourth-order valence-electron chi connectivity index (χ4n) is 2.73. The number of amides is 2. The molecule has 28 heavy (non-hydrogen) atoms. The molecule has 2 aromatic carbocycles. The van der Waals surface area contributed by atoms with Crippen LogP contribution in [0, 0.1) is 13.8 Å². The Morgan fingerprint density at radius 2 is 1.32 bits per heavy atom. The average Bonchev–Trinajstić information content (AvgIpc) is 2.62. The first kappa shape index (κ1) is 19.0. The van der Waals surface area contributed by atoms with Gasteiger partial charge in [0.25, 0.3) is 5.91 Å². The van der Waals surface area contributed by atoms with Crippen LogP contribution < -0.4 is 16.0 Å². The highest BCUT2D eigenvalue weighted by Crippen LogP contribution is 2.18. The van der Waals surface area contributed by atoms with Crippen molar-refractivity contribution in [2.24, 2.45) is 0 Å². The van der Waals surface area contributed by atoms with E-state index in [9.17, 15) is 9.59 Å². The molecule has 0 spiro atoms. The summed E-state index contributed by atoms with van der Waals surface area (Å²) in [6.45, 7) is 5.48. The third kappa shape index (κ3) is 5.14. The van der Waals surface area contributed by atoms with E-state index in [1.165, 1.54) is 19.3 Å². The van der Waals surface area contributed by atoms with Gasteiger partial charge in [0.2, 0.25) is 11.9 Å². The first-order valence-electron chi connectivity index (χ1n) is 8.75. The molecular formula is C21H21N5O2. The van der Waals surface area contributed by atoms with E-state index in [1.807, 2.05) is 26.0 Å². The second-order valence-electron chi connectivity index (χ2n) is 6.51. The molecule has 0 fully saturated rings. The molecule has 1 heterocycles. The molecule has 7 heteroatoms. The van der Waals surface area contributed by atoms with Gasteiger partial charge in [-0.2, -0.15) is 0 Å². The molecule has 0 radical (unpaired) electrons. The highest BCUT2D eigenvalue weighted by molar-refractivity contribution is 6.04. The summed E-state index contributed by atoms with van der Waals surface area (Å²) in [5.74, 6) is -0.0464. The lowest BCUT2D eigenvalue weighted by Crippen LogP contribution is -2.13. The van der Waals surface area contributed by atoms with E-state index >= 15 is 0 Å². The predicted octanol–water partition coefficient (Wildman–Crippen LogP) is 4.05. The van der Waals surface area contributed by atoms with Gasteiger partial charge >= 0.3 is 0 Å². The molecule has 0 unspecified atom stereocenters. The van der Waals surface area contributed by atoms with Gasteiger partial charge in [-0.15, -0.1) is 0 Å². The van der Waals surface area contributed by atoms with Crippen molar-refractivity contribution in [1.82, 2.24) is 9.97 Å². The number of carbonyl (C=O) groups excluding carboxylic acids is 2. The highest BCUT2D eigenvalue weighted by Gasteiger charge is 2.08. The fourth-order valence-corrected chi connectivity index (χ4v) is 2.73. The molecule has 2 amide bonds. The summed E-state index contributed by atoms with van der Waals surface area (Å²) in [5.41, 5.74) is 4.80. The fraction of sp³-hybridized carbons (Fsp3) is 0.143. The summed E-state index contributed by atoms with van der Waals surface area (Å²) in [6, 6.07) is 12.9. The first-order chi connectivity index (χ1) is 13.4. The molecule has 3 rings (SSSR count). The van der Waals surface area contributed by atoms with Gasteiger partial charge in [0.05, 0.1) is 5.56 Å². The summed E-state index contributed by atoms with van der Waals surface area (Å²) in [7, 11) is 0. The molecule has 1 aromatic heterocycles. The van der Waals surface area contributed by atoms with Crippen LogP contribution in [0.5, 0.6) is 0 Å². The van der Waals surface area contributed by atoms with Crippen LogP contribution in [0.1, 0.15) is 28.4 Å². The Balaban J connectivity index is 1.64. The van der Waals surface area contributed by atoms with Crippen LogP contribution in [-0.4, -0.2) is 21.8 Å². The molecule has 0 aliphatic rings. The lowest BCUT2D eigenvalue weighted by atomic mass is 10.1. The van der Waals surface area contributed by atoms with E-state index in [-0.39, 0.29) is 11.8 Å². The Labute approximate surface area is 163 Å². The van der Waals surface area contributed by atoms with Crippen LogP contribution in [0.2, 0.25) is 0 Å². The van der Waals surface area contributed by atoms with E-state index in [0.29, 0.717) is 22.9 Å². The summed E-state index contributed by atoms with van der Waals surface area (Å²) in [5, 5.41) is 8.58. The van der Waals surface area contributed by atoms with E-state index in [0.717, 1.165) is 16.8 Å². The largest absolute Gasteiger partial charge is 0.326 e. The van der Waals surface area contributed by atoms with Gasteiger partial charge in [-0.25, -0.2) is 9.97 Å². The average molecular weight is 375 g/mol. The molecule has 7 nitrogen and oxygen atoms in total. The number of aromatic nitrogens is 2. The predicted molar refractivity (Wildman–Crippen MR) is 110 cm³/mol. The Kier molecular flexibility index (Phi) is 5.64. The molecule has 0 atom stereocenters. The van der Waals surface area contributed by atoms with E-state index in [4.69, 9.17) is 0 Å². The van der Waals surface area contributed by atoms with Gasteiger partial charge in [0.1, 0.15) is 0 Å². The Hall–Kier alpha value is -3.74. The Morgan fingerprint density at radius 1 is 0.786 bits per heavy atom. The number of nitrogens with zero attached hydrogens (tertiary/aromatic N) is 2. The van der Waals surface area contributed by atoms with E-state index < -0.39 is 0 Å². The number of benzene rings is 2. The zero-order valence-corrected chi connectivity index (χ0v) is 15.9. The van der Waals surface area contributed by atoms with Crippen LogP contribution in [0.15, 0.2) is 54.9 Å². The maximum Gasteiger partial charge on any atom is 0.258 e. The number of anilines is 4. The molecule has 0 aliphatic heterocycles. The second kappa shape index (κ2) is 8.30. The second-order valence-corrected chi connectivity index (χ2v) is 6.51. The number of nitrogens with one attached hydrogen (secondary N) is 3. The molecule has 142 valence electrons. The van der Waals surface area contributed by atoms with Crippen LogP contribution in [-0.2, 0) is 4.79 Å². The van der Waals surface area contributed by atoms with Gasteiger partial charge < -0.3 is 16.0 Å². The number of carbonyl (C=O) groups is 2. The van der Waals surface area contributed by atoms with Gasteiger partial charge in [0.15, 0.2) is 0 Å². The molecule has 0 bridgehead atoms. The number of aryl methyl sites for hydroxylation is 2. The Bertz CT molecular complexity index is 978. The normalized spacial score (nSPS) is 10.2. The molecule has 3 N–H and O–H groups in total. The third-order valence-electron chi connectivity index (χ3n) is 3.85. The van der Waals surface area contributed by atoms with Crippen molar-refractivity contribution < 1.29 is 9.59 Å².